The first kappa shape index (κ1) is 14.3. The molecule has 8 heteroatoms. The molecule has 1 saturated heterocycles. The zero-order chi connectivity index (χ0) is 15.8. The average molecular weight is 333 g/mol. The van der Waals surface area contributed by atoms with Crippen LogP contribution in [0.5, 0.6) is 0 Å². The fraction of sp³-hybridized carbons (Fsp3) is 0.267. The summed E-state index contributed by atoms with van der Waals surface area (Å²) in [6.07, 6.45) is 5.44. The van der Waals surface area contributed by atoms with Gasteiger partial charge in [-0.25, -0.2) is 19.3 Å². The van der Waals surface area contributed by atoms with Crippen LogP contribution >= 0.6 is 11.6 Å². The number of aromatic amines is 1. The smallest absolute Gasteiger partial charge is 0.183 e. The highest BCUT2D eigenvalue weighted by Gasteiger charge is 2.18. The molecule has 0 radical (unpaired) electrons. The minimum Gasteiger partial charge on any atom is -0.363 e. The van der Waals surface area contributed by atoms with Gasteiger partial charge in [0.2, 0.25) is 0 Å². The fourth-order valence-electron chi connectivity index (χ4n) is 2.73. The largest absolute Gasteiger partial charge is 0.363 e. The van der Waals surface area contributed by atoms with Gasteiger partial charge in [-0.1, -0.05) is 11.6 Å². The number of halogens is 2. The highest BCUT2D eigenvalue weighted by molar-refractivity contribution is 6.31. The quantitative estimate of drug-likeness (QED) is 0.687. The van der Waals surface area contributed by atoms with E-state index in [1.165, 1.54) is 6.20 Å². The van der Waals surface area contributed by atoms with E-state index in [2.05, 4.69) is 30.6 Å². The Hall–Kier alpha value is -2.25. The SMILES string of the molecule is Fc1cnc(-c2c[nH]c3ncc(Cl)cc23)nc1NC1CCNC1. The molecular formula is C15H14ClFN6. The maximum Gasteiger partial charge on any atom is 0.183 e. The van der Waals surface area contributed by atoms with E-state index in [0.29, 0.717) is 16.5 Å². The molecule has 6 nitrogen and oxygen atoms in total. The van der Waals surface area contributed by atoms with Crippen molar-refractivity contribution in [3.8, 4) is 11.4 Å². The van der Waals surface area contributed by atoms with Gasteiger partial charge in [0.1, 0.15) is 5.65 Å². The number of rotatable bonds is 3. The van der Waals surface area contributed by atoms with Gasteiger partial charge in [-0.15, -0.1) is 0 Å². The molecular weight excluding hydrogens is 319 g/mol. The summed E-state index contributed by atoms with van der Waals surface area (Å²) in [5.74, 6) is 0.180. The third kappa shape index (κ3) is 2.73. The van der Waals surface area contributed by atoms with Gasteiger partial charge in [-0.2, -0.15) is 0 Å². The molecule has 1 aliphatic rings. The van der Waals surface area contributed by atoms with Crippen molar-refractivity contribution >= 4 is 28.5 Å². The minimum atomic E-state index is -0.461. The molecule has 0 saturated carbocycles. The van der Waals surface area contributed by atoms with E-state index in [1.807, 2.05) is 0 Å². The molecule has 3 N–H and O–H groups in total. The number of H-pyrrole nitrogens is 1. The number of anilines is 1. The predicted octanol–water partition coefficient (Wildman–Crippen LogP) is 2.59. The Morgan fingerprint density at radius 1 is 1.30 bits per heavy atom. The summed E-state index contributed by atoms with van der Waals surface area (Å²) in [6, 6.07) is 1.96. The van der Waals surface area contributed by atoms with E-state index in [1.54, 1.807) is 18.5 Å². The van der Waals surface area contributed by atoms with Crippen LogP contribution in [0.25, 0.3) is 22.4 Å². The van der Waals surface area contributed by atoms with Crippen LogP contribution in [0, 0.1) is 5.82 Å². The standard InChI is InChI=1S/C15H14ClFN6/c16-8-3-10-11(6-20-13(10)19-4-8)14-21-7-12(17)15(23-14)22-9-1-2-18-5-9/h3-4,6-7,9,18H,1-2,5H2,(H,19,20)(H,21,22,23). The van der Waals surface area contributed by atoms with Crippen molar-refractivity contribution in [1.29, 1.82) is 0 Å². The van der Waals surface area contributed by atoms with Crippen LogP contribution in [0.2, 0.25) is 5.02 Å². The van der Waals surface area contributed by atoms with E-state index >= 15 is 0 Å². The molecule has 4 heterocycles. The van der Waals surface area contributed by atoms with Crippen molar-refractivity contribution in [3.05, 3.63) is 35.5 Å². The Bertz CT molecular complexity index is 858. The van der Waals surface area contributed by atoms with Gasteiger partial charge in [0.05, 0.1) is 11.2 Å². The molecule has 23 heavy (non-hydrogen) atoms. The molecule has 1 atom stereocenters. The number of fused-ring (bicyclic) bond motifs is 1. The van der Waals surface area contributed by atoms with Crippen LogP contribution in [0.4, 0.5) is 10.2 Å². The van der Waals surface area contributed by atoms with Crippen LogP contribution in [-0.2, 0) is 0 Å². The molecule has 118 valence electrons. The summed E-state index contributed by atoms with van der Waals surface area (Å²) in [4.78, 5) is 15.7. The van der Waals surface area contributed by atoms with E-state index in [0.717, 1.165) is 30.5 Å². The Balaban J connectivity index is 1.74. The van der Waals surface area contributed by atoms with Gasteiger partial charge in [-0.3, -0.25) is 0 Å². The third-order valence-corrected chi connectivity index (χ3v) is 4.09. The van der Waals surface area contributed by atoms with E-state index < -0.39 is 5.82 Å². The molecule has 0 aromatic carbocycles. The lowest BCUT2D eigenvalue weighted by Gasteiger charge is -2.13. The summed E-state index contributed by atoms with van der Waals surface area (Å²) < 4.78 is 14.0. The van der Waals surface area contributed by atoms with Crippen molar-refractivity contribution < 1.29 is 4.39 Å². The Kier molecular flexibility index (Phi) is 3.59. The zero-order valence-corrected chi connectivity index (χ0v) is 12.9. The van der Waals surface area contributed by atoms with Crippen LogP contribution in [0.15, 0.2) is 24.7 Å². The van der Waals surface area contributed by atoms with Crippen molar-refractivity contribution in [1.82, 2.24) is 25.3 Å². The molecule has 4 rings (SSSR count). The lowest BCUT2D eigenvalue weighted by Crippen LogP contribution is -2.23. The highest BCUT2D eigenvalue weighted by Crippen LogP contribution is 2.28. The highest BCUT2D eigenvalue weighted by atomic mass is 35.5. The average Bonchev–Trinajstić information content (AvgIpc) is 3.19. The molecule has 0 spiro atoms. The van der Waals surface area contributed by atoms with Gasteiger partial charge >= 0.3 is 0 Å². The summed E-state index contributed by atoms with van der Waals surface area (Å²) in [6.45, 7) is 1.72. The number of aromatic nitrogens is 4. The van der Waals surface area contributed by atoms with Gasteiger partial charge in [0.15, 0.2) is 17.5 Å². The summed E-state index contributed by atoms with van der Waals surface area (Å²) >= 11 is 6.01. The molecule has 1 unspecified atom stereocenters. The number of nitrogens with one attached hydrogen (secondary N) is 3. The zero-order valence-electron chi connectivity index (χ0n) is 12.1. The van der Waals surface area contributed by atoms with Crippen LogP contribution in [0.1, 0.15) is 6.42 Å². The second kappa shape index (κ2) is 5.75. The third-order valence-electron chi connectivity index (χ3n) is 3.88. The fourth-order valence-corrected chi connectivity index (χ4v) is 2.89. The number of hydrogen-bond donors (Lipinski definition) is 3. The summed E-state index contributed by atoms with van der Waals surface area (Å²) in [5.41, 5.74) is 1.43. The van der Waals surface area contributed by atoms with E-state index in [4.69, 9.17) is 11.6 Å². The Morgan fingerprint density at radius 2 is 2.22 bits per heavy atom. The Labute approximate surface area is 136 Å². The molecule has 0 amide bonds. The molecule has 0 aliphatic carbocycles. The number of nitrogens with zero attached hydrogens (tertiary/aromatic N) is 3. The van der Waals surface area contributed by atoms with Gasteiger partial charge in [0.25, 0.3) is 0 Å². The number of pyridine rings is 1. The van der Waals surface area contributed by atoms with Crippen LogP contribution in [-0.4, -0.2) is 39.1 Å². The van der Waals surface area contributed by atoms with E-state index in [9.17, 15) is 4.39 Å². The number of hydrogen-bond acceptors (Lipinski definition) is 5. The second-order valence-electron chi connectivity index (χ2n) is 5.48. The predicted molar refractivity (Wildman–Crippen MR) is 87.0 cm³/mol. The molecule has 1 fully saturated rings. The first-order chi connectivity index (χ1) is 11.2. The van der Waals surface area contributed by atoms with E-state index in [-0.39, 0.29) is 11.9 Å². The normalized spacial score (nSPS) is 17.7. The van der Waals surface area contributed by atoms with Gasteiger partial charge in [0, 0.05) is 35.9 Å². The van der Waals surface area contributed by atoms with Gasteiger partial charge < -0.3 is 15.6 Å². The first-order valence-corrected chi connectivity index (χ1v) is 7.71. The molecule has 3 aromatic heterocycles. The topological polar surface area (TPSA) is 78.5 Å². The van der Waals surface area contributed by atoms with Crippen molar-refractivity contribution in [3.63, 3.8) is 0 Å². The lowest BCUT2D eigenvalue weighted by atomic mass is 10.2. The maximum atomic E-state index is 14.0. The maximum absolute atomic E-state index is 14.0. The molecule has 1 aliphatic heterocycles. The summed E-state index contributed by atoms with van der Waals surface area (Å²) in [5, 5.41) is 7.69. The molecule has 3 aromatic rings. The van der Waals surface area contributed by atoms with Crippen molar-refractivity contribution in [2.24, 2.45) is 0 Å². The monoisotopic (exact) mass is 332 g/mol. The minimum absolute atomic E-state index is 0.173. The van der Waals surface area contributed by atoms with Crippen LogP contribution in [0.3, 0.4) is 0 Å². The summed E-state index contributed by atoms with van der Waals surface area (Å²) in [7, 11) is 0. The van der Waals surface area contributed by atoms with Crippen molar-refractivity contribution in [2.45, 2.75) is 12.5 Å². The van der Waals surface area contributed by atoms with Gasteiger partial charge in [-0.05, 0) is 19.0 Å². The van der Waals surface area contributed by atoms with Crippen molar-refractivity contribution in [2.75, 3.05) is 18.4 Å². The lowest BCUT2D eigenvalue weighted by molar-refractivity contribution is 0.612. The molecule has 0 bridgehead atoms. The first-order valence-electron chi connectivity index (χ1n) is 7.33. The van der Waals surface area contributed by atoms with Crippen LogP contribution < -0.4 is 10.6 Å². The second-order valence-corrected chi connectivity index (χ2v) is 5.91. The Morgan fingerprint density at radius 3 is 3.04 bits per heavy atom.